The zero-order chi connectivity index (χ0) is 20.3. The number of carbonyl (C=O) groups excluding carboxylic acids is 2. The number of rotatable bonds is 3. The lowest BCUT2D eigenvalue weighted by atomic mass is 10.1. The van der Waals surface area contributed by atoms with Gasteiger partial charge in [0.25, 0.3) is 0 Å². The smallest absolute Gasteiger partial charge is 0.411 e. The molecule has 2 amide bonds. The van der Waals surface area contributed by atoms with Gasteiger partial charge in [-0.05, 0) is 51.3 Å². The summed E-state index contributed by atoms with van der Waals surface area (Å²) in [5, 5.41) is 0. The topological polar surface area (TPSA) is 49.9 Å². The van der Waals surface area contributed by atoms with Gasteiger partial charge < -0.3 is 9.64 Å². The molecule has 1 saturated heterocycles. The van der Waals surface area contributed by atoms with Gasteiger partial charge in [0.2, 0.25) is 5.91 Å². The fourth-order valence-electron chi connectivity index (χ4n) is 3.63. The van der Waals surface area contributed by atoms with Crippen LogP contribution in [0.3, 0.4) is 0 Å². The number of ether oxygens (including phenoxy) is 1. The second-order valence-corrected chi connectivity index (χ2v) is 8.14. The SMILES string of the molecule is CN(C(=O)[C@@H]1CCC(c2ccccc2)N1C(=O)OC(C)(C)C)c1ccccc1. The van der Waals surface area contributed by atoms with E-state index in [1.54, 1.807) is 16.8 Å². The van der Waals surface area contributed by atoms with Crippen molar-refractivity contribution in [2.45, 2.75) is 51.3 Å². The van der Waals surface area contributed by atoms with E-state index in [-0.39, 0.29) is 11.9 Å². The number of anilines is 1. The molecule has 0 saturated carbocycles. The third-order valence-electron chi connectivity index (χ3n) is 4.93. The highest BCUT2D eigenvalue weighted by atomic mass is 16.6. The first kappa shape index (κ1) is 19.9. The molecular formula is C23H28N2O3. The molecule has 2 aromatic rings. The molecule has 0 aromatic heterocycles. The molecule has 0 spiro atoms. The standard InChI is InChI=1S/C23H28N2O3/c1-23(2,3)28-22(27)25-19(17-11-7-5-8-12-17)15-16-20(25)21(26)24(4)18-13-9-6-10-14-18/h5-14,19-20H,15-16H2,1-4H3/t19?,20-/m0/s1. The molecule has 1 aliphatic heterocycles. The maximum atomic E-state index is 13.3. The van der Waals surface area contributed by atoms with Gasteiger partial charge in [-0.25, -0.2) is 4.79 Å². The molecule has 2 atom stereocenters. The van der Waals surface area contributed by atoms with Crippen molar-refractivity contribution in [3.05, 3.63) is 66.2 Å². The Morgan fingerprint density at radius 2 is 1.54 bits per heavy atom. The predicted octanol–water partition coefficient (Wildman–Crippen LogP) is 4.79. The molecule has 148 valence electrons. The van der Waals surface area contributed by atoms with Crippen molar-refractivity contribution in [3.8, 4) is 0 Å². The van der Waals surface area contributed by atoms with E-state index in [4.69, 9.17) is 4.74 Å². The summed E-state index contributed by atoms with van der Waals surface area (Å²) in [5.74, 6) is -0.101. The number of likely N-dealkylation sites (N-methyl/N-ethyl adjacent to an activating group) is 1. The van der Waals surface area contributed by atoms with Crippen molar-refractivity contribution >= 4 is 17.7 Å². The van der Waals surface area contributed by atoms with Gasteiger partial charge in [-0.15, -0.1) is 0 Å². The van der Waals surface area contributed by atoms with Crippen molar-refractivity contribution in [3.63, 3.8) is 0 Å². The van der Waals surface area contributed by atoms with Gasteiger partial charge in [0, 0.05) is 12.7 Å². The summed E-state index contributed by atoms with van der Waals surface area (Å²) in [4.78, 5) is 29.6. The van der Waals surface area contributed by atoms with E-state index in [1.165, 1.54) is 0 Å². The second-order valence-electron chi connectivity index (χ2n) is 8.14. The minimum absolute atomic E-state index is 0.101. The molecule has 28 heavy (non-hydrogen) atoms. The van der Waals surface area contributed by atoms with Crippen molar-refractivity contribution in [2.75, 3.05) is 11.9 Å². The van der Waals surface area contributed by atoms with E-state index in [0.29, 0.717) is 6.42 Å². The van der Waals surface area contributed by atoms with Crippen LogP contribution in [0, 0.1) is 0 Å². The van der Waals surface area contributed by atoms with Crippen LogP contribution in [-0.2, 0) is 9.53 Å². The van der Waals surface area contributed by atoms with Gasteiger partial charge in [0.1, 0.15) is 11.6 Å². The molecule has 1 heterocycles. The summed E-state index contributed by atoms with van der Waals surface area (Å²) in [6.07, 6.45) is 0.885. The molecule has 5 heteroatoms. The second kappa shape index (κ2) is 8.05. The van der Waals surface area contributed by atoms with E-state index in [2.05, 4.69) is 0 Å². The van der Waals surface area contributed by atoms with Crippen LogP contribution in [0.1, 0.15) is 45.2 Å². The van der Waals surface area contributed by atoms with Crippen molar-refractivity contribution in [1.29, 1.82) is 0 Å². The van der Waals surface area contributed by atoms with Gasteiger partial charge in [-0.3, -0.25) is 9.69 Å². The zero-order valence-electron chi connectivity index (χ0n) is 17.0. The van der Waals surface area contributed by atoms with Crippen LogP contribution in [-0.4, -0.2) is 35.6 Å². The summed E-state index contributed by atoms with van der Waals surface area (Å²) in [6.45, 7) is 5.52. The van der Waals surface area contributed by atoms with Crippen LogP contribution in [0.4, 0.5) is 10.5 Å². The molecule has 1 aliphatic rings. The molecule has 3 rings (SSSR count). The number of amides is 2. The van der Waals surface area contributed by atoms with Crippen molar-refractivity contribution in [1.82, 2.24) is 4.90 Å². The van der Waals surface area contributed by atoms with Crippen LogP contribution < -0.4 is 4.90 Å². The van der Waals surface area contributed by atoms with Crippen LogP contribution >= 0.6 is 0 Å². The Morgan fingerprint density at radius 3 is 2.11 bits per heavy atom. The average molecular weight is 380 g/mol. The van der Waals surface area contributed by atoms with E-state index >= 15 is 0 Å². The molecule has 0 N–H and O–H groups in total. The maximum absolute atomic E-state index is 13.3. The quantitative estimate of drug-likeness (QED) is 0.769. The lowest BCUT2D eigenvalue weighted by Gasteiger charge is -2.33. The van der Waals surface area contributed by atoms with Crippen molar-refractivity contribution in [2.24, 2.45) is 0 Å². The highest BCUT2D eigenvalue weighted by Gasteiger charge is 2.44. The number of hydrogen-bond acceptors (Lipinski definition) is 3. The normalized spacial score (nSPS) is 19.4. The first-order valence-corrected chi connectivity index (χ1v) is 9.67. The fraction of sp³-hybridized carbons (Fsp3) is 0.391. The lowest BCUT2D eigenvalue weighted by Crippen LogP contribution is -2.49. The number of hydrogen-bond donors (Lipinski definition) is 0. The van der Waals surface area contributed by atoms with E-state index in [9.17, 15) is 9.59 Å². The summed E-state index contributed by atoms with van der Waals surface area (Å²) in [7, 11) is 1.75. The minimum Gasteiger partial charge on any atom is -0.444 e. The predicted molar refractivity (Wildman–Crippen MR) is 110 cm³/mol. The minimum atomic E-state index is -0.625. The molecule has 5 nitrogen and oxygen atoms in total. The van der Waals surface area contributed by atoms with E-state index < -0.39 is 17.7 Å². The highest BCUT2D eigenvalue weighted by molar-refractivity contribution is 5.98. The summed E-state index contributed by atoms with van der Waals surface area (Å²) in [6, 6.07) is 18.6. The molecule has 1 unspecified atom stereocenters. The molecule has 0 radical (unpaired) electrons. The van der Waals surface area contributed by atoms with Crippen LogP contribution in [0.15, 0.2) is 60.7 Å². The fourth-order valence-corrected chi connectivity index (χ4v) is 3.63. The Morgan fingerprint density at radius 1 is 0.964 bits per heavy atom. The molecular weight excluding hydrogens is 352 g/mol. The number of para-hydroxylation sites is 1. The largest absolute Gasteiger partial charge is 0.444 e. The van der Waals surface area contributed by atoms with Gasteiger partial charge in [-0.2, -0.15) is 0 Å². The van der Waals surface area contributed by atoms with E-state index in [1.807, 2.05) is 81.4 Å². The summed E-state index contributed by atoms with van der Waals surface area (Å²) < 4.78 is 5.66. The summed E-state index contributed by atoms with van der Waals surface area (Å²) >= 11 is 0. The zero-order valence-corrected chi connectivity index (χ0v) is 17.0. The Labute approximate surface area is 166 Å². The van der Waals surface area contributed by atoms with Gasteiger partial charge in [0.15, 0.2) is 0 Å². The van der Waals surface area contributed by atoms with Crippen LogP contribution in [0.2, 0.25) is 0 Å². The van der Waals surface area contributed by atoms with Crippen molar-refractivity contribution < 1.29 is 14.3 Å². The molecule has 1 fully saturated rings. The van der Waals surface area contributed by atoms with Crippen LogP contribution in [0.5, 0.6) is 0 Å². The van der Waals surface area contributed by atoms with Gasteiger partial charge >= 0.3 is 6.09 Å². The van der Waals surface area contributed by atoms with E-state index in [0.717, 1.165) is 17.7 Å². The number of nitrogens with zero attached hydrogens (tertiary/aromatic N) is 2. The van der Waals surface area contributed by atoms with Gasteiger partial charge in [-0.1, -0.05) is 48.5 Å². The third kappa shape index (κ3) is 4.35. The van der Waals surface area contributed by atoms with Crippen LogP contribution in [0.25, 0.3) is 0 Å². The van der Waals surface area contributed by atoms with Gasteiger partial charge in [0.05, 0.1) is 6.04 Å². The Bertz CT molecular complexity index is 815. The first-order valence-electron chi connectivity index (χ1n) is 9.67. The molecule has 0 aliphatic carbocycles. The molecule has 2 aromatic carbocycles. The highest BCUT2D eigenvalue weighted by Crippen LogP contribution is 2.38. The number of likely N-dealkylation sites (tertiary alicyclic amines) is 1. The summed E-state index contributed by atoms with van der Waals surface area (Å²) in [5.41, 5.74) is 1.20. The maximum Gasteiger partial charge on any atom is 0.411 e. The third-order valence-corrected chi connectivity index (χ3v) is 4.93. The Kier molecular flexibility index (Phi) is 5.73. The number of carbonyl (C=O) groups is 2. The Hall–Kier alpha value is -2.82. The number of benzene rings is 2. The molecule has 0 bridgehead atoms. The average Bonchev–Trinajstić information content (AvgIpc) is 3.12. The Balaban J connectivity index is 1.90. The monoisotopic (exact) mass is 380 g/mol. The lowest BCUT2D eigenvalue weighted by molar-refractivity contribution is -0.123. The first-order chi connectivity index (χ1) is 13.3.